The number of halogens is 1. The number of thioether (sulfide) groups is 1. The molecule has 1 aliphatic heterocycles. The minimum absolute atomic E-state index is 0. The van der Waals surface area contributed by atoms with Gasteiger partial charge in [0.1, 0.15) is 10.6 Å². The zero-order valence-corrected chi connectivity index (χ0v) is 17.5. The van der Waals surface area contributed by atoms with Gasteiger partial charge in [0.2, 0.25) is 0 Å². The second-order valence-electron chi connectivity index (χ2n) is 6.37. The van der Waals surface area contributed by atoms with E-state index in [0.29, 0.717) is 6.54 Å². The topological polar surface area (TPSA) is 53.0 Å². The van der Waals surface area contributed by atoms with Crippen LogP contribution >= 0.6 is 24.2 Å². The molecule has 2 aromatic rings. The molecule has 0 bridgehead atoms. The molecule has 0 spiro atoms. The number of hydrogen-bond donors (Lipinski definition) is 1. The predicted octanol–water partition coefficient (Wildman–Crippen LogP) is 3.35. The largest absolute Gasteiger partial charge is 0.497 e. The number of carbonyl (C=O) groups is 1. The Morgan fingerprint density at radius 1 is 1.19 bits per heavy atom. The molecule has 1 N–H and O–H groups in total. The van der Waals surface area contributed by atoms with Gasteiger partial charge in [0.25, 0.3) is 5.91 Å². The third-order valence-corrected chi connectivity index (χ3v) is 6.48. The van der Waals surface area contributed by atoms with Crippen LogP contribution in [0.5, 0.6) is 5.75 Å². The fourth-order valence-corrected chi connectivity index (χ4v) is 4.80. The molecule has 0 fully saturated rings. The summed E-state index contributed by atoms with van der Waals surface area (Å²) in [6, 6.07) is 15.3. The summed E-state index contributed by atoms with van der Waals surface area (Å²) in [7, 11) is 5.39. The first-order valence-electron chi connectivity index (χ1n) is 8.55. The van der Waals surface area contributed by atoms with E-state index in [9.17, 15) is 9.90 Å². The van der Waals surface area contributed by atoms with Gasteiger partial charge < -0.3 is 14.7 Å². The average Bonchev–Trinajstić information content (AvgIpc) is 2.75. The molecular weight excluding hydrogens is 384 g/mol. The van der Waals surface area contributed by atoms with E-state index < -0.39 is 11.0 Å². The maximum Gasteiger partial charge on any atom is 0.259 e. The van der Waals surface area contributed by atoms with E-state index in [1.807, 2.05) is 74.4 Å². The molecule has 2 aromatic carbocycles. The summed E-state index contributed by atoms with van der Waals surface area (Å²) in [5.74, 6) is 0.437. The number of likely N-dealkylation sites (N-methyl/N-ethyl adjacent to an activating group) is 2. The number of amides is 1. The first-order valence-corrected chi connectivity index (χ1v) is 9.36. The summed E-state index contributed by atoms with van der Waals surface area (Å²) in [6.07, 6.45) is -1.22. The van der Waals surface area contributed by atoms with Crippen LogP contribution in [0.25, 0.3) is 0 Å². The van der Waals surface area contributed by atoms with Crippen LogP contribution in [0, 0.1) is 0 Å². The van der Waals surface area contributed by atoms with E-state index in [1.54, 1.807) is 12.0 Å². The number of nitrogens with zero attached hydrogens (tertiary/aromatic N) is 2. The SMILES string of the molecule is CCN1C(=O)C(O)C(c2ccc(OC)cc2)(N(C)C)Sc2ccccc21.Cl. The van der Waals surface area contributed by atoms with E-state index >= 15 is 0 Å². The molecule has 0 aromatic heterocycles. The van der Waals surface area contributed by atoms with Gasteiger partial charge in [0.15, 0.2) is 6.10 Å². The number of fused-ring (bicyclic) bond motifs is 1. The van der Waals surface area contributed by atoms with Crippen LogP contribution in [0.15, 0.2) is 53.4 Å². The average molecular weight is 409 g/mol. The lowest BCUT2D eigenvalue weighted by Gasteiger charge is -2.41. The fourth-order valence-electron chi connectivity index (χ4n) is 3.39. The Balaban J connectivity index is 0.00000261. The number of para-hydroxylation sites is 1. The smallest absolute Gasteiger partial charge is 0.259 e. The van der Waals surface area contributed by atoms with Crippen LogP contribution in [-0.4, -0.2) is 49.8 Å². The molecule has 7 heteroatoms. The summed E-state index contributed by atoms with van der Waals surface area (Å²) >= 11 is 1.50. The lowest BCUT2D eigenvalue weighted by molar-refractivity contribution is -0.131. The van der Waals surface area contributed by atoms with E-state index in [4.69, 9.17) is 4.74 Å². The molecule has 0 radical (unpaired) electrons. The summed E-state index contributed by atoms with van der Waals surface area (Å²) in [5, 5.41) is 11.2. The molecular formula is C20H25ClN2O3S. The number of aliphatic hydroxyl groups excluding tert-OH is 1. The van der Waals surface area contributed by atoms with E-state index in [-0.39, 0.29) is 18.3 Å². The normalized spacial score (nSPS) is 22.1. The van der Waals surface area contributed by atoms with Crippen molar-refractivity contribution in [2.75, 3.05) is 32.6 Å². The first-order chi connectivity index (χ1) is 12.5. The van der Waals surface area contributed by atoms with Crippen molar-refractivity contribution >= 4 is 35.8 Å². The van der Waals surface area contributed by atoms with Crippen molar-refractivity contribution in [2.24, 2.45) is 0 Å². The fraction of sp³-hybridized carbons (Fsp3) is 0.350. The van der Waals surface area contributed by atoms with Crippen molar-refractivity contribution in [3.8, 4) is 5.75 Å². The van der Waals surface area contributed by atoms with Gasteiger partial charge >= 0.3 is 0 Å². The van der Waals surface area contributed by atoms with Crippen molar-refractivity contribution in [2.45, 2.75) is 22.8 Å². The lowest BCUT2D eigenvalue weighted by atomic mass is 9.98. The number of aliphatic hydroxyl groups is 1. The third kappa shape index (κ3) is 3.55. The van der Waals surface area contributed by atoms with Gasteiger partial charge in [-0.2, -0.15) is 0 Å². The molecule has 2 unspecified atom stereocenters. The monoisotopic (exact) mass is 408 g/mol. The Morgan fingerprint density at radius 3 is 2.37 bits per heavy atom. The number of rotatable bonds is 4. The second kappa shape index (κ2) is 8.52. The highest BCUT2D eigenvalue weighted by molar-refractivity contribution is 8.00. The summed E-state index contributed by atoms with van der Waals surface area (Å²) in [4.78, 5) is 16.8. The van der Waals surface area contributed by atoms with Gasteiger partial charge in [-0.05, 0) is 50.8 Å². The minimum atomic E-state index is -1.22. The predicted molar refractivity (Wildman–Crippen MR) is 112 cm³/mol. The molecule has 0 saturated heterocycles. The molecule has 1 amide bonds. The summed E-state index contributed by atoms with van der Waals surface area (Å²) in [5.41, 5.74) is 1.68. The van der Waals surface area contributed by atoms with Crippen LogP contribution in [0.3, 0.4) is 0 Å². The number of methoxy groups -OCH3 is 1. The number of ether oxygens (including phenoxy) is 1. The standard InChI is InChI=1S/C20H24N2O3S.ClH/c1-5-22-16-8-6-7-9-17(16)26-20(21(2)3,18(23)19(22)24)14-10-12-15(25-4)13-11-14;/h6-13,18,23H,5H2,1-4H3;1H. The third-order valence-electron chi connectivity index (χ3n) is 4.78. The van der Waals surface area contributed by atoms with Crippen LogP contribution in [0.2, 0.25) is 0 Å². The van der Waals surface area contributed by atoms with Crippen LogP contribution in [0.4, 0.5) is 5.69 Å². The second-order valence-corrected chi connectivity index (χ2v) is 7.64. The number of carbonyl (C=O) groups excluding carboxylic acids is 1. The molecule has 2 atom stereocenters. The van der Waals surface area contributed by atoms with Gasteiger partial charge in [0, 0.05) is 11.4 Å². The molecule has 1 heterocycles. The number of benzene rings is 2. The van der Waals surface area contributed by atoms with Gasteiger partial charge in [-0.25, -0.2) is 0 Å². The van der Waals surface area contributed by atoms with Crippen LogP contribution in [0.1, 0.15) is 12.5 Å². The Labute approximate surface area is 170 Å². The van der Waals surface area contributed by atoms with Gasteiger partial charge in [-0.1, -0.05) is 36.0 Å². The highest BCUT2D eigenvalue weighted by Crippen LogP contribution is 2.51. The maximum absolute atomic E-state index is 13.2. The highest BCUT2D eigenvalue weighted by Gasteiger charge is 2.50. The Kier molecular flexibility index (Phi) is 6.81. The summed E-state index contributed by atoms with van der Waals surface area (Å²) < 4.78 is 5.26. The zero-order chi connectivity index (χ0) is 18.9. The molecule has 3 rings (SSSR count). The van der Waals surface area contributed by atoms with Crippen molar-refractivity contribution in [3.63, 3.8) is 0 Å². The Hall–Kier alpha value is -1.73. The maximum atomic E-state index is 13.2. The molecule has 0 saturated carbocycles. The van der Waals surface area contributed by atoms with Crippen molar-refractivity contribution in [3.05, 3.63) is 54.1 Å². The minimum Gasteiger partial charge on any atom is -0.497 e. The van der Waals surface area contributed by atoms with Crippen LogP contribution < -0.4 is 9.64 Å². The van der Waals surface area contributed by atoms with Crippen molar-refractivity contribution in [1.82, 2.24) is 4.90 Å². The first kappa shape index (κ1) is 21.6. The zero-order valence-electron chi connectivity index (χ0n) is 15.9. The Bertz CT molecular complexity index is 800. The van der Waals surface area contributed by atoms with Crippen molar-refractivity contribution in [1.29, 1.82) is 0 Å². The van der Waals surface area contributed by atoms with Gasteiger partial charge in [0.05, 0.1) is 12.8 Å². The molecule has 146 valence electrons. The van der Waals surface area contributed by atoms with Gasteiger partial charge in [-0.15, -0.1) is 12.4 Å². The van der Waals surface area contributed by atoms with Gasteiger partial charge in [-0.3, -0.25) is 9.69 Å². The van der Waals surface area contributed by atoms with E-state index in [0.717, 1.165) is 21.9 Å². The number of anilines is 1. The highest BCUT2D eigenvalue weighted by atomic mass is 35.5. The molecule has 0 aliphatic carbocycles. The summed E-state index contributed by atoms with van der Waals surface area (Å²) in [6.45, 7) is 2.42. The molecule has 5 nitrogen and oxygen atoms in total. The van der Waals surface area contributed by atoms with E-state index in [2.05, 4.69) is 0 Å². The molecule has 27 heavy (non-hydrogen) atoms. The van der Waals surface area contributed by atoms with E-state index in [1.165, 1.54) is 11.8 Å². The van der Waals surface area contributed by atoms with Crippen molar-refractivity contribution < 1.29 is 14.6 Å². The van der Waals surface area contributed by atoms with Crippen LogP contribution in [-0.2, 0) is 9.67 Å². The molecule has 1 aliphatic rings. The number of hydrogen-bond acceptors (Lipinski definition) is 5. The quantitative estimate of drug-likeness (QED) is 0.840. The Morgan fingerprint density at radius 2 is 1.81 bits per heavy atom. The lowest BCUT2D eigenvalue weighted by Crippen LogP contribution is -2.54.